The Balaban J connectivity index is 1.87. The molecule has 1 N–H and O–H groups in total. The number of cyclic esters (lactones) is 1. The van der Waals surface area contributed by atoms with Gasteiger partial charge in [-0.2, -0.15) is 0 Å². The Labute approximate surface area is 122 Å². The minimum atomic E-state index is -0.750. The molecule has 0 bridgehead atoms. The Kier molecular flexibility index (Phi) is 3.44. The van der Waals surface area contributed by atoms with Gasteiger partial charge in [-0.15, -0.1) is 0 Å². The summed E-state index contributed by atoms with van der Waals surface area (Å²) >= 11 is 0. The molecule has 1 aliphatic rings. The highest BCUT2D eigenvalue weighted by Gasteiger charge is 2.38. The first kappa shape index (κ1) is 13.4. The lowest BCUT2D eigenvalue weighted by Crippen LogP contribution is -2.27. The van der Waals surface area contributed by atoms with Gasteiger partial charge in [0.05, 0.1) is 0 Å². The Morgan fingerprint density at radius 3 is 2.24 bits per heavy atom. The van der Waals surface area contributed by atoms with Crippen LogP contribution in [0.5, 0.6) is 0 Å². The average Bonchev–Trinajstić information content (AvgIpc) is 2.91. The monoisotopic (exact) mass is 281 g/mol. The predicted molar refractivity (Wildman–Crippen MR) is 78.7 cm³/mol. The van der Waals surface area contributed by atoms with Crippen LogP contribution in [0.4, 0.5) is 4.79 Å². The van der Waals surface area contributed by atoms with Gasteiger partial charge in [0.1, 0.15) is 6.04 Å². The molecular formula is C17H15NO3. The highest BCUT2D eigenvalue weighted by molar-refractivity contribution is 5.87. The number of carbonyl (C=O) groups is 2. The fraction of sp³-hybridized carbons (Fsp3) is 0.176. The molecule has 106 valence electrons. The molecule has 0 aromatic heterocycles. The third-order valence-corrected chi connectivity index (χ3v) is 3.59. The smallest absolute Gasteiger partial charge is 0.408 e. The Morgan fingerprint density at radius 2 is 1.62 bits per heavy atom. The zero-order chi connectivity index (χ0) is 14.8. The first-order valence-electron chi connectivity index (χ1n) is 6.78. The number of hydrogen-bond donors (Lipinski definition) is 1. The van der Waals surface area contributed by atoms with Gasteiger partial charge < -0.3 is 10.1 Å². The van der Waals surface area contributed by atoms with Gasteiger partial charge in [-0.25, -0.2) is 4.79 Å². The van der Waals surface area contributed by atoms with E-state index in [0.717, 1.165) is 16.7 Å². The number of benzene rings is 2. The van der Waals surface area contributed by atoms with E-state index in [1.165, 1.54) is 6.92 Å². The van der Waals surface area contributed by atoms with Gasteiger partial charge in [-0.3, -0.25) is 4.79 Å². The lowest BCUT2D eigenvalue weighted by molar-refractivity contribution is -0.124. The van der Waals surface area contributed by atoms with Crippen LogP contribution in [0.25, 0.3) is 11.1 Å². The molecule has 0 radical (unpaired) electrons. The van der Waals surface area contributed by atoms with Crippen molar-refractivity contribution in [1.29, 1.82) is 0 Å². The number of amides is 1. The molecular weight excluding hydrogens is 266 g/mol. The van der Waals surface area contributed by atoms with E-state index < -0.39 is 18.2 Å². The van der Waals surface area contributed by atoms with Crippen molar-refractivity contribution >= 4 is 11.9 Å². The van der Waals surface area contributed by atoms with Crippen molar-refractivity contribution < 1.29 is 14.3 Å². The minimum Gasteiger partial charge on any atom is -0.436 e. The minimum absolute atomic E-state index is 0.162. The summed E-state index contributed by atoms with van der Waals surface area (Å²) in [5.74, 6) is -0.162. The van der Waals surface area contributed by atoms with E-state index in [4.69, 9.17) is 4.74 Å². The summed E-state index contributed by atoms with van der Waals surface area (Å²) < 4.78 is 5.01. The normalized spacial score (nSPS) is 20.7. The van der Waals surface area contributed by atoms with Crippen LogP contribution in [0, 0.1) is 0 Å². The standard InChI is InChI=1S/C17H15NO3/c1-11(19)16-15(18-17(20)21-16)14-9-7-13(8-10-14)12-5-3-2-4-6-12/h2-10,15-16H,1H3,(H,18,20)/t15-,16-/m1/s1. The van der Waals surface area contributed by atoms with Crippen LogP contribution < -0.4 is 5.32 Å². The second kappa shape index (κ2) is 5.40. The van der Waals surface area contributed by atoms with Gasteiger partial charge in [-0.05, 0) is 23.6 Å². The number of nitrogens with one attached hydrogen (secondary N) is 1. The van der Waals surface area contributed by atoms with Gasteiger partial charge in [0.2, 0.25) is 0 Å². The van der Waals surface area contributed by atoms with Crippen molar-refractivity contribution in [2.45, 2.75) is 19.1 Å². The Hall–Kier alpha value is -2.62. The van der Waals surface area contributed by atoms with Gasteiger partial charge in [0.15, 0.2) is 11.9 Å². The fourth-order valence-corrected chi connectivity index (χ4v) is 2.51. The molecule has 4 nitrogen and oxygen atoms in total. The molecule has 2 aromatic rings. The number of carbonyl (C=O) groups excluding carboxylic acids is 2. The summed E-state index contributed by atoms with van der Waals surface area (Å²) in [5, 5.41) is 2.68. The molecule has 0 saturated carbocycles. The van der Waals surface area contributed by atoms with Crippen LogP contribution in [0.3, 0.4) is 0 Å². The molecule has 1 saturated heterocycles. The molecule has 21 heavy (non-hydrogen) atoms. The van der Waals surface area contributed by atoms with Gasteiger partial charge in [0.25, 0.3) is 0 Å². The van der Waals surface area contributed by atoms with Crippen LogP contribution >= 0.6 is 0 Å². The summed E-state index contributed by atoms with van der Waals surface area (Å²) in [6.45, 7) is 1.43. The number of hydrogen-bond acceptors (Lipinski definition) is 3. The topological polar surface area (TPSA) is 55.4 Å². The van der Waals surface area contributed by atoms with Crippen molar-refractivity contribution in [3.05, 3.63) is 60.2 Å². The van der Waals surface area contributed by atoms with E-state index in [-0.39, 0.29) is 5.78 Å². The number of Topliss-reactive ketones (excluding diaryl/α,β-unsaturated/α-hetero) is 1. The number of ketones is 1. The molecule has 0 aliphatic carbocycles. The van der Waals surface area contributed by atoms with Gasteiger partial charge >= 0.3 is 6.09 Å². The van der Waals surface area contributed by atoms with Crippen molar-refractivity contribution in [2.75, 3.05) is 0 Å². The third kappa shape index (κ3) is 2.65. The molecule has 0 spiro atoms. The largest absolute Gasteiger partial charge is 0.436 e. The highest BCUT2D eigenvalue weighted by Crippen LogP contribution is 2.27. The maximum atomic E-state index is 11.5. The van der Waals surface area contributed by atoms with Gasteiger partial charge in [-0.1, -0.05) is 54.6 Å². The van der Waals surface area contributed by atoms with Crippen LogP contribution in [-0.2, 0) is 9.53 Å². The summed E-state index contributed by atoms with van der Waals surface area (Å²) in [6, 6.07) is 17.4. The number of alkyl carbamates (subject to hydrolysis) is 1. The van der Waals surface area contributed by atoms with E-state index >= 15 is 0 Å². The molecule has 1 heterocycles. The van der Waals surface area contributed by atoms with Crippen LogP contribution in [-0.4, -0.2) is 18.0 Å². The molecule has 0 unspecified atom stereocenters. The molecule has 2 aromatic carbocycles. The van der Waals surface area contributed by atoms with E-state index in [1.807, 2.05) is 54.6 Å². The summed E-state index contributed by atoms with van der Waals surface area (Å²) in [6.07, 6.45) is -1.30. The second-order valence-corrected chi connectivity index (χ2v) is 5.05. The van der Waals surface area contributed by atoms with Crippen molar-refractivity contribution in [1.82, 2.24) is 5.32 Å². The van der Waals surface area contributed by atoms with Crippen LogP contribution in [0.1, 0.15) is 18.5 Å². The van der Waals surface area contributed by atoms with E-state index in [0.29, 0.717) is 0 Å². The fourth-order valence-electron chi connectivity index (χ4n) is 2.51. The molecule has 4 heteroatoms. The highest BCUT2D eigenvalue weighted by atomic mass is 16.6. The third-order valence-electron chi connectivity index (χ3n) is 3.59. The molecule has 3 rings (SSSR count). The lowest BCUT2D eigenvalue weighted by atomic mass is 9.97. The quantitative estimate of drug-likeness (QED) is 0.940. The SMILES string of the molecule is CC(=O)[C@H]1OC(=O)N[C@@H]1c1ccc(-c2ccccc2)cc1. The first-order valence-corrected chi connectivity index (χ1v) is 6.78. The maximum absolute atomic E-state index is 11.5. The number of rotatable bonds is 3. The lowest BCUT2D eigenvalue weighted by Gasteiger charge is -2.15. The van der Waals surface area contributed by atoms with Crippen molar-refractivity contribution in [3.8, 4) is 11.1 Å². The van der Waals surface area contributed by atoms with Crippen molar-refractivity contribution in [2.24, 2.45) is 0 Å². The van der Waals surface area contributed by atoms with E-state index in [2.05, 4.69) is 5.32 Å². The molecule has 1 fully saturated rings. The average molecular weight is 281 g/mol. The van der Waals surface area contributed by atoms with Gasteiger partial charge in [0, 0.05) is 0 Å². The van der Waals surface area contributed by atoms with Crippen molar-refractivity contribution in [3.63, 3.8) is 0 Å². The summed E-state index contributed by atoms with van der Waals surface area (Å²) in [4.78, 5) is 22.9. The van der Waals surface area contributed by atoms with E-state index in [9.17, 15) is 9.59 Å². The van der Waals surface area contributed by atoms with Crippen LogP contribution in [0.15, 0.2) is 54.6 Å². The van der Waals surface area contributed by atoms with Crippen LogP contribution in [0.2, 0.25) is 0 Å². The Bertz CT molecular complexity index is 664. The zero-order valence-corrected chi connectivity index (χ0v) is 11.6. The molecule has 1 aliphatic heterocycles. The second-order valence-electron chi connectivity index (χ2n) is 5.05. The maximum Gasteiger partial charge on any atom is 0.408 e. The molecule has 1 amide bonds. The summed E-state index contributed by atoms with van der Waals surface area (Å²) in [7, 11) is 0. The first-order chi connectivity index (χ1) is 10.1. The Morgan fingerprint density at radius 1 is 1.00 bits per heavy atom. The van der Waals surface area contributed by atoms with E-state index in [1.54, 1.807) is 0 Å². The predicted octanol–water partition coefficient (Wildman–Crippen LogP) is 3.09. The zero-order valence-electron chi connectivity index (χ0n) is 11.6. The number of ether oxygens (including phenoxy) is 1. The molecule has 2 atom stereocenters. The summed E-state index contributed by atoms with van der Waals surface area (Å²) in [5.41, 5.74) is 3.07.